The van der Waals surface area contributed by atoms with E-state index in [-0.39, 0.29) is 5.69 Å². The summed E-state index contributed by atoms with van der Waals surface area (Å²) in [5, 5.41) is 9.64. The molecule has 0 saturated heterocycles. The van der Waals surface area contributed by atoms with Gasteiger partial charge in [0.05, 0.1) is 0 Å². The van der Waals surface area contributed by atoms with Gasteiger partial charge in [-0.2, -0.15) is 0 Å². The minimum Gasteiger partial charge on any atom is -0.477 e. The van der Waals surface area contributed by atoms with Crippen LogP contribution in [0.15, 0.2) is 42.5 Å². The Hall–Kier alpha value is -2.69. The summed E-state index contributed by atoms with van der Waals surface area (Å²) >= 11 is 0. The quantitative estimate of drug-likeness (QED) is 0.746. The Morgan fingerprint density at radius 3 is 2.30 bits per heavy atom. The Balaban J connectivity index is 2.14. The second-order valence-electron chi connectivity index (χ2n) is 4.45. The van der Waals surface area contributed by atoms with Gasteiger partial charge in [-0.05, 0) is 35.4 Å². The molecule has 0 aliphatic heterocycles. The Morgan fingerprint density at radius 1 is 0.950 bits per heavy atom. The highest BCUT2D eigenvalue weighted by Crippen LogP contribution is 2.26. The monoisotopic (exact) mass is 273 g/mol. The van der Waals surface area contributed by atoms with Crippen molar-refractivity contribution >= 4 is 16.9 Å². The van der Waals surface area contributed by atoms with Crippen LogP contribution >= 0.6 is 0 Å². The molecule has 0 unspecified atom stereocenters. The third kappa shape index (κ3) is 2.14. The van der Waals surface area contributed by atoms with Gasteiger partial charge in [0.2, 0.25) is 0 Å². The van der Waals surface area contributed by atoms with E-state index in [1.54, 1.807) is 18.2 Å². The summed E-state index contributed by atoms with van der Waals surface area (Å²) in [7, 11) is 0. The number of aromatic amines is 1. The van der Waals surface area contributed by atoms with Crippen molar-refractivity contribution in [1.82, 2.24) is 4.98 Å². The smallest absolute Gasteiger partial charge is 0.352 e. The minimum absolute atomic E-state index is 0.0718. The summed E-state index contributed by atoms with van der Waals surface area (Å²) in [6.07, 6.45) is 0. The van der Waals surface area contributed by atoms with E-state index >= 15 is 0 Å². The molecule has 1 aromatic heterocycles. The molecule has 0 fully saturated rings. The molecule has 0 amide bonds. The number of hydrogen-bond donors (Lipinski definition) is 2. The molecule has 5 heteroatoms. The van der Waals surface area contributed by atoms with Crippen molar-refractivity contribution in [2.75, 3.05) is 0 Å². The predicted octanol–water partition coefficient (Wildman–Crippen LogP) is 3.81. The fourth-order valence-electron chi connectivity index (χ4n) is 2.14. The summed E-state index contributed by atoms with van der Waals surface area (Å²) in [6, 6.07) is 9.83. The van der Waals surface area contributed by atoms with E-state index in [1.165, 1.54) is 18.2 Å². The third-order valence-electron chi connectivity index (χ3n) is 3.05. The molecule has 0 atom stereocenters. The molecule has 100 valence electrons. The Bertz CT molecular complexity index is 804. The number of aromatic carboxylic acids is 1. The van der Waals surface area contributed by atoms with E-state index in [0.717, 1.165) is 11.5 Å². The molecule has 2 N–H and O–H groups in total. The van der Waals surface area contributed by atoms with Crippen LogP contribution < -0.4 is 0 Å². The maximum absolute atomic E-state index is 13.2. The zero-order valence-electron chi connectivity index (χ0n) is 10.2. The van der Waals surface area contributed by atoms with Gasteiger partial charge in [0.1, 0.15) is 17.3 Å². The number of benzene rings is 2. The highest BCUT2D eigenvalue weighted by Gasteiger charge is 2.09. The van der Waals surface area contributed by atoms with Crippen LogP contribution in [0.4, 0.5) is 8.78 Å². The van der Waals surface area contributed by atoms with Crippen LogP contribution in [0.1, 0.15) is 10.5 Å². The van der Waals surface area contributed by atoms with Crippen molar-refractivity contribution in [3.8, 4) is 11.1 Å². The van der Waals surface area contributed by atoms with E-state index in [1.807, 2.05) is 0 Å². The standard InChI is InChI=1S/C15H9F2NO2/c16-11-3-10(4-12(17)7-11)8-1-2-9-6-14(15(19)20)18-13(9)5-8/h1-7,18H,(H,19,20). The molecule has 0 bridgehead atoms. The summed E-state index contributed by atoms with van der Waals surface area (Å²) < 4.78 is 26.4. The first kappa shape index (κ1) is 12.3. The summed E-state index contributed by atoms with van der Waals surface area (Å²) in [5.41, 5.74) is 1.68. The van der Waals surface area contributed by atoms with E-state index in [9.17, 15) is 13.6 Å². The second kappa shape index (κ2) is 4.45. The predicted molar refractivity (Wildman–Crippen MR) is 70.6 cm³/mol. The van der Waals surface area contributed by atoms with E-state index in [2.05, 4.69) is 4.98 Å². The normalized spacial score (nSPS) is 10.9. The average molecular weight is 273 g/mol. The fraction of sp³-hybridized carbons (Fsp3) is 0. The maximum Gasteiger partial charge on any atom is 0.352 e. The zero-order valence-corrected chi connectivity index (χ0v) is 10.2. The van der Waals surface area contributed by atoms with Gasteiger partial charge in [0.25, 0.3) is 0 Å². The minimum atomic E-state index is -1.06. The van der Waals surface area contributed by atoms with Gasteiger partial charge >= 0.3 is 5.97 Å². The van der Waals surface area contributed by atoms with E-state index < -0.39 is 17.6 Å². The van der Waals surface area contributed by atoms with Crippen molar-refractivity contribution in [2.45, 2.75) is 0 Å². The molecule has 20 heavy (non-hydrogen) atoms. The number of carboxylic acid groups (broad SMARTS) is 1. The molecular weight excluding hydrogens is 264 g/mol. The number of halogens is 2. The molecule has 0 aliphatic rings. The maximum atomic E-state index is 13.2. The van der Waals surface area contributed by atoms with E-state index in [0.29, 0.717) is 16.6 Å². The highest BCUT2D eigenvalue weighted by molar-refractivity contribution is 5.95. The molecule has 0 saturated carbocycles. The van der Waals surface area contributed by atoms with Gasteiger partial charge in [-0.15, -0.1) is 0 Å². The molecule has 1 heterocycles. The number of hydrogen-bond acceptors (Lipinski definition) is 1. The van der Waals surface area contributed by atoms with Gasteiger partial charge in [0, 0.05) is 17.0 Å². The van der Waals surface area contributed by atoms with Gasteiger partial charge in [-0.1, -0.05) is 12.1 Å². The van der Waals surface area contributed by atoms with Gasteiger partial charge in [0.15, 0.2) is 0 Å². The Labute approximate surface area is 112 Å². The number of H-pyrrole nitrogens is 1. The van der Waals surface area contributed by atoms with Crippen molar-refractivity contribution < 1.29 is 18.7 Å². The third-order valence-corrected chi connectivity index (χ3v) is 3.05. The van der Waals surface area contributed by atoms with Gasteiger partial charge in [-0.25, -0.2) is 13.6 Å². The molecule has 3 rings (SSSR count). The van der Waals surface area contributed by atoms with Crippen LogP contribution in [0.2, 0.25) is 0 Å². The van der Waals surface area contributed by atoms with Crippen LogP contribution in [0.5, 0.6) is 0 Å². The summed E-state index contributed by atoms with van der Waals surface area (Å²) in [4.78, 5) is 13.6. The number of rotatable bonds is 2. The largest absolute Gasteiger partial charge is 0.477 e. The highest BCUT2D eigenvalue weighted by atomic mass is 19.1. The van der Waals surface area contributed by atoms with Crippen molar-refractivity contribution in [3.05, 3.63) is 59.8 Å². The number of fused-ring (bicyclic) bond motifs is 1. The van der Waals surface area contributed by atoms with Crippen molar-refractivity contribution in [2.24, 2.45) is 0 Å². The van der Waals surface area contributed by atoms with Crippen molar-refractivity contribution in [3.63, 3.8) is 0 Å². The molecule has 3 aromatic rings. The molecule has 0 spiro atoms. The summed E-state index contributed by atoms with van der Waals surface area (Å²) in [5.74, 6) is -2.37. The van der Waals surface area contributed by atoms with Crippen LogP contribution in [-0.4, -0.2) is 16.1 Å². The average Bonchev–Trinajstić information content (AvgIpc) is 2.80. The molecule has 3 nitrogen and oxygen atoms in total. The van der Waals surface area contributed by atoms with E-state index in [4.69, 9.17) is 5.11 Å². The van der Waals surface area contributed by atoms with Gasteiger partial charge < -0.3 is 10.1 Å². The lowest BCUT2D eigenvalue weighted by Gasteiger charge is -2.03. The molecular formula is C15H9F2NO2. The van der Waals surface area contributed by atoms with Crippen LogP contribution in [0, 0.1) is 11.6 Å². The first-order valence-corrected chi connectivity index (χ1v) is 5.85. The summed E-state index contributed by atoms with van der Waals surface area (Å²) in [6.45, 7) is 0. The molecule has 0 aliphatic carbocycles. The lowest BCUT2D eigenvalue weighted by atomic mass is 10.0. The first-order chi connectivity index (χ1) is 9.52. The van der Waals surface area contributed by atoms with Crippen molar-refractivity contribution in [1.29, 1.82) is 0 Å². The van der Waals surface area contributed by atoms with Crippen LogP contribution in [0.25, 0.3) is 22.0 Å². The fourth-order valence-corrected chi connectivity index (χ4v) is 2.14. The number of nitrogens with one attached hydrogen (secondary N) is 1. The lowest BCUT2D eigenvalue weighted by Crippen LogP contribution is -1.94. The Kier molecular flexibility index (Phi) is 2.75. The number of aromatic nitrogens is 1. The number of carbonyl (C=O) groups is 1. The number of carboxylic acids is 1. The molecule has 0 radical (unpaired) electrons. The molecule has 2 aromatic carbocycles. The Morgan fingerprint density at radius 2 is 1.65 bits per heavy atom. The lowest BCUT2D eigenvalue weighted by molar-refractivity contribution is 0.0691. The van der Waals surface area contributed by atoms with Crippen LogP contribution in [-0.2, 0) is 0 Å². The van der Waals surface area contributed by atoms with Crippen LogP contribution in [0.3, 0.4) is 0 Å². The SMILES string of the molecule is O=C(O)c1cc2ccc(-c3cc(F)cc(F)c3)cc2[nH]1. The topological polar surface area (TPSA) is 53.1 Å². The zero-order chi connectivity index (χ0) is 14.3. The first-order valence-electron chi connectivity index (χ1n) is 5.85. The van der Waals surface area contributed by atoms with Gasteiger partial charge in [-0.3, -0.25) is 0 Å². The second-order valence-corrected chi connectivity index (χ2v) is 4.45.